The topological polar surface area (TPSA) is 105 Å². The van der Waals surface area contributed by atoms with Gasteiger partial charge in [0.15, 0.2) is 0 Å². The van der Waals surface area contributed by atoms with Crippen LogP contribution in [-0.4, -0.2) is 69.2 Å². The summed E-state index contributed by atoms with van der Waals surface area (Å²) in [4.78, 5) is 23.8. The minimum Gasteiger partial charge on any atom is -0.756 e. The van der Waals surface area contributed by atoms with Crippen molar-refractivity contribution in [3.05, 3.63) is 36.5 Å². The van der Waals surface area contributed by atoms with Crippen molar-refractivity contribution in [3.63, 3.8) is 0 Å². The normalized spacial score (nSPS) is 15.1. The number of hydrogen-bond donors (Lipinski definition) is 1. The number of ether oxygens (including phenoxy) is 1. The maximum absolute atomic E-state index is 12.0. The molecular weight excluding hydrogens is 493 g/mol. The monoisotopic (exact) mass is 545 g/mol. The first kappa shape index (κ1) is 35.7. The third-order valence-corrected chi connectivity index (χ3v) is 6.43. The number of phosphoric acid groups is 1. The lowest BCUT2D eigenvalue weighted by Gasteiger charge is -2.28. The number of aliphatic hydroxyl groups excluding tert-OH is 1. The van der Waals surface area contributed by atoms with E-state index in [0.29, 0.717) is 17.4 Å². The van der Waals surface area contributed by atoms with Crippen molar-refractivity contribution < 1.29 is 37.6 Å². The van der Waals surface area contributed by atoms with Gasteiger partial charge in [0.25, 0.3) is 7.82 Å². The van der Waals surface area contributed by atoms with E-state index in [1.54, 1.807) is 0 Å². The van der Waals surface area contributed by atoms with Crippen LogP contribution in [0.25, 0.3) is 0 Å². The van der Waals surface area contributed by atoms with Gasteiger partial charge in [0, 0.05) is 6.42 Å². The highest BCUT2D eigenvalue weighted by Gasteiger charge is 2.19. The first-order valence-corrected chi connectivity index (χ1v) is 15.2. The lowest BCUT2D eigenvalue weighted by molar-refractivity contribution is -0.870. The zero-order valence-electron chi connectivity index (χ0n) is 23.6. The fraction of sp³-hybridized carbons (Fsp3) is 0.750. The molecule has 0 spiro atoms. The Morgan fingerprint density at radius 3 is 2.05 bits per heavy atom. The van der Waals surface area contributed by atoms with E-state index in [4.69, 9.17) is 13.8 Å². The number of carbonyl (C=O) groups is 1. The number of likely N-dealkylation sites (N-methyl/N-ethyl adjacent to an activating group) is 1. The number of nitrogens with zero attached hydrogens (tertiary/aromatic N) is 1. The smallest absolute Gasteiger partial charge is 0.306 e. The number of hydrogen-bond acceptors (Lipinski definition) is 7. The minimum absolute atomic E-state index is 0.0224. The quantitative estimate of drug-likeness (QED) is 0.0564. The summed E-state index contributed by atoms with van der Waals surface area (Å²) in [5, 5.41) is 9.36. The molecule has 0 aromatic carbocycles. The predicted octanol–water partition coefficient (Wildman–Crippen LogP) is 5.47. The van der Waals surface area contributed by atoms with Crippen molar-refractivity contribution in [1.82, 2.24) is 0 Å². The summed E-state index contributed by atoms with van der Waals surface area (Å²) in [6.45, 7) is 1.68. The highest BCUT2D eigenvalue weighted by atomic mass is 31.2. The van der Waals surface area contributed by atoms with Gasteiger partial charge in [0.05, 0.1) is 34.4 Å². The molecule has 0 amide bonds. The largest absolute Gasteiger partial charge is 0.756 e. The van der Waals surface area contributed by atoms with E-state index in [9.17, 15) is 19.4 Å². The molecule has 2 unspecified atom stereocenters. The molecule has 8 nitrogen and oxygen atoms in total. The molecule has 0 saturated heterocycles. The van der Waals surface area contributed by atoms with Gasteiger partial charge >= 0.3 is 5.97 Å². The lowest BCUT2D eigenvalue weighted by Crippen LogP contribution is -2.37. The van der Waals surface area contributed by atoms with Crippen LogP contribution in [0.5, 0.6) is 0 Å². The van der Waals surface area contributed by atoms with Gasteiger partial charge in [-0.15, -0.1) is 0 Å². The van der Waals surface area contributed by atoms with Crippen molar-refractivity contribution in [2.45, 2.75) is 90.1 Å². The van der Waals surface area contributed by atoms with Gasteiger partial charge in [0.1, 0.15) is 19.3 Å². The van der Waals surface area contributed by atoms with Gasteiger partial charge in [-0.3, -0.25) is 9.36 Å². The van der Waals surface area contributed by atoms with E-state index in [-0.39, 0.29) is 13.0 Å². The summed E-state index contributed by atoms with van der Waals surface area (Å²) in [7, 11) is 1.19. The molecule has 0 fully saturated rings. The Morgan fingerprint density at radius 1 is 0.892 bits per heavy atom. The van der Waals surface area contributed by atoms with E-state index in [1.165, 1.54) is 44.9 Å². The molecule has 0 rings (SSSR count). The maximum Gasteiger partial charge on any atom is 0.306 e. The molecule has 9 heteroatoms. The molecule has 0 aromatic heterocycles. The zero-order valence-corrected chi connectivity index (χ0v) is 24.5. The van der Waals surface area contributed by atoms with Crippen molar-refractivity contribution in [2.24, 2.45) is 0 Å². The first-order valence-electron chi connectivity index (χ1n) is 13.8. The summed E-state index contributed by atoms with van der Waals surface area (Å²) >= 11 is 0. The molecule has 2 atom stereocenters. The second-order valence-corrected chi connectivity index (χ2v) is 11.6. The number of carbonyl (C=O) groups excluding carboxylic acids is 1. The van der Waals surface area contributed by atoms with Crippen LogP contribution in [-0.2, 0) is 23.1 Å². The van der Waals surface area contributed by atoms with E-state index >= 15 is 0 Å². The Labute approximate surface area is 225 Å². The van der Waals surface area contributed by atoms with E-state index in [1.807, 2.05) is 33.3 Å². The molecule has 0 aromatic rings. The average molecular weight is 546 g/mol. The maximum atomic E-state index is 12.0. The van der Waals surface area contributed by atoms with Gasteiger partial charge in [-0.1, -0.05) is 81.9 Å². The number of unbranched alkanes of at least 4 members (excludes halogenated alkanes) is 7. The molecule has 0 heterocycles. The Balaban J connectivity index is 3.88. The lowest BCUT2D eigenvalue weighted by atomic mass is 10.1. The Morgan fingerprint density at radius 2 is 1.46 bits per heavy atom. The molecule has 0 saturated carbocycles. The number of allylic oxidation sites excluding steroid dienone is 6. The number of quaternary nitrogens is 1. The van der Waals surface area contributed by atoms with Crippen LogP contribution in [0.15, 0.2) is 36.5 Å². The number of phosphoric ester groups is 1. The molecule has 0 bridgehead atoms. The fourth-order valence-electron chi connectivity index (χ4n) is 3.21. The molecular formula is C28H52NO7P. The summed E-state index contributed by atoms with van der Waals surface area (Å²) < 4.78 is 27.0. The highest BCUT2D eigenvalue weighted by molar-refractivity contribution is 7.45. The summed E-state index contributed by atoms with van der Waals surface area (Å²) in [6.07, 6.45) is 24.4. The van der Waals surface area contributed by atoms with Crippen LogP contribution in [0.1, 0.15) is 84.0 Å². The van der Waals surface area contributed by atoms with Crippen molar-refractivity contribution >= 4 is 13.8 Å². The number of rotatable bonds is 24. The summed E-state index contributed by atoms with van der Waals surface area (Å²) in [5.41, 5.74) is 0. The van der Waals surface area contributed by atoms with E-state index in [0.717, 1.165) is 19.3 Å². The van der Waals surface area contributed by atoms with Crippen molar-refractivity contribution in [1.29, 1.82) is 0 Å². The molecule has 216 valence electrons. The third kappa shape index (κ3) is 26.1. The molecule has 1 N–H and O–H groups in total. The Hall–Kier alpha value is -1.28. The molecule has 0 aliphatic rings. The molecule has 0 radical (unpaired) electrons. The van der Waals surface area contributed by atoms with Crippen LogP contribution in [0.3, 0.4) is 0 Å². The van der Waals surface area contributed by atoms with Crippen LogP contribution >= 0.6 is 7.82 Å². The fourth-order valence-corrected chi connectivity index (χ4v) is 3.93. The Bertz CT molecular complexity index is 701. The van der Waals surface area contributed by atoms with E-state index < -0.39 is 33.1 Å². The zero-order chi connectivity index (χ0) is 27.8. The highest BCUT2D eigenvalue weighted by Crippen LogP contribution is 2.38. The van der Waals surface area contributed by atoms with Crippen LogP contribution in [0.4, 0.5) is 0 Å². The average Bonchev–Trinajstić information content (AvgIpc) is 2.82. The summed E-state index contributed by atoms with van der Waals surface area (Å²) in [5.74, 6) is -0.527. The van der Waals surface area contributed by atoms with Crippen molar-refractivity contribution in [2.75, 3.05) is 47.5 Å². The van der Waals surface area contributed by atoms with Crippen LogP contribution in [0.2, 0.25) is 0 Å². The Kier molecular flexibility index (Phi) is 21.9. The minimum atomic E-state index is -4.53. The standard InChI is InChI=1S/C28H52NO7P/c1-5-6-7-8-9-10-11-12-13-14-15-16-17-18-19-20-21-22-28(31)36-27(25-30)26-35-37(32,33)34-24-23-29(2,3)4/h13-14,16-17,19-20,27,30H,5-12,15,18,21-26H2,1-4H3/b14-13-,17-16-,20-19-. The van der Waals surface area contributed by atoms with Gasteiger partial charge in [-0.25, -0.2) is 0 Å². The van der Waals surface area contributed by atoms with Crippen molar-refractivity contribution in [3.8, 4) is 0 Å². The predicted molar refractivity (Wildman–Crippen MR) is 148 cm³/mol. The van der Waals surface area contributed by atoms with E-state index in [2.05, 4.69) is 31.2 Å². The molecule has 37 heavy (non-hydrogen) atoms. The number of aliphatic hydroxyl groups is 1. The van der Waals surface area contributed by atoms with Gasteiger partial charge in [-0.2, -0.15) is 0 Å². The second-order valence-electron chi connectivity index (χ2n) is 10.2. The molecule has 0 aliphatic carbocycles. The second kappa shape index (κ2) is 22.7. The first-order chi connectivity index (χ1) is 17.6. The van der Waals surface area contributed by atoms with Gasteiger partial charge in [-0.05, 0) is 32.1 Å². The summed E-state index contributed by atoms with van der Waals surface area (Å²) in [6, 6.07) is 0. The third-order valence-electron chi connectivity index (χ3n) is 5.47. The van der Waals surface area contributed by atoms with Crippen LogP contribution < -0.4 is 4.89 Å². The molecule has 0 aliphatic heterocycles. The van der Waals surface area contributed by atoms with Gasteiger partial charge < -0.3 is 28.3 Å². The number of esters is 1. The SMILES string of the molecule is CCCCCCCCC/C=C\C/C=C\C/C=C\CCC(=O)OC(CO)COP(=O)([O-])OCC[N+](C)(C)C. The van der Waals surface area contributed by atoms with Gasteiger partial charge in [0.2, 0.25) is 0 Å². The van der Waals surface area contributed by atoms with Crippen LogP contribution in [0, 0.1) is 0 Å².